The van der Waals surface area contributed by atoms with E-state index in [-0.39, 0.29) is 11.1 Å². The first-order valence-corrected chi connectivity index (χ1v) is 9.90. The lowest BCUT2D eigenvalue weighted by Gasteiger charge is -2.21. The van der Waals surface area contributed by atoms with Crippen molar-refractivity contribution in [3.63, 3.8) is 0 Å². The SMILES string of the molecule is Cc1c([N+](=O)[O-])cc(C(=O)N(Cc2cccs2)Cc2cccs2)cc1[N+](=O)[O-]. The van der Waals surface area contributed by atoms with Crippen LogP contribution in [0.15, 0.2) is 47.2 Å². The van der Waals surface area contributed by atoms with Crippen LogP contribution in [-0.2, 0) is 13.1 Å². The molecule has 0 unspecified atom stereocenters. The number of hydrogen-bond acceptors (Lipinski definition) is 7. The highest BCUT2D eigenvalue weighted by Crippen LogP contribution is 2.30. The molecule has 1 amide bonds. The summed E-state index contributed by atoms with van der Waals surface area (Å²) in [5.74, 6) is -0.493. The van der Waals surface area contributed by atoms with Crippen LogP contribution in [0.4, 0.5) is 11.4 Å². The van der Waals surface area contributed by atoms with E-state index in [2.05, 4.69) is 0 Å². The molecule has 0 saturated carbocycles. The van der Waals surface area contributed by atoms with E-state index in [9.17, 15) is 25.0 Å². The second-order valence-electron chi connectivity index (χ2n) is 5.97. The molecule has 144 valence electrons. The molecule has 0 saturated heterocycles. The van der Waals surface area contributed by atoms with E-state index >= 15 is 0 Å². The van der Waals surface area contributed by atoms with Crippen LogP contribution in [0.1, 0.15) is 25.7 Å². The van der Waals surface area contributed by atoms with Crippen molar-refractivity contribution in [1.82, 2.24) is 4.90 Å². The standard InChI is InChI=1S/C18H15N3O5S2/c1-12-16(20(23)24)8-13(9-17(12)21(25)26)18(22)19(10-14-4-2-6-27-14)11-15-5-3-7-28-15/h2-9H,10-11H2,1H3. The summed E-state index contributed by atoms with van der Waals surface area (Å²) >= 11 is 2.98. The molecular weight excluding hydrogens is 402 g/mol. The molecule has 0 atom stereocenters. The molecular formula is C18H15N3O5S2. The first-order chi connectivity index (χ1) is 13.4. The highest BCUT2D eigenvalue weighted by molar-refractivity contribution is 7.10. The van der Waals surface area contributed by atoms with Gasteiger partial charge in [0.1, 0.15) is 5.56 Å². The third-order valence-electron chi connectivity index (χ3n) is 4.13. The van der Waals surface area contributed by atoms with Crippen LogP contribution in [0.25, 0.3) is 0 Å². The van der Waals surface area contributed by atoms with Crippen molar-refractivity contribution in [3.8, 4) is 0 Å². The fraction of sp³-hybridized carbons (Fsp3) is 0.167. The fourth-order valence-electron chi connectivity index (χ4n) is 2.75. The molecule has 1 aromatic carbocycles. The Balaban J connectivity index is 2.01. The molecule has 8 nitrogen and oxygen atoms in total. The van der Waals surface area contributed by atoms with Gasteiger partial charge in [0.15, 0.2) is 0 Å². The Morgan fingerprint density at radius 1 is 0.964 bits per heavy atom. The maximum Gasteiger partial charge on any atom is 0.279 e. The second-order valence-corrected chi connectivity index (χ2v) is 8.04. The van der Waals surface area contributed by atoms with Gasteiger partial charge in [0.05, 0.1) is 28.5 Å². The van der Waals surface area contributed by atoms with E-state index in [1.54, 1.807) is 0 Å². The van der Waals surface area contributed by atoms with Gasteiger partial charge in [-0.15, -0.1) is 22.7 Å². The summed E-state index contributed by atoms with van der Waals surface area (Å²) in [5, 5.41) is 26.4. The highest BCUT2D eigenvalue weighted by atomic mass is 32.1. The molecule has 0 N–H and O–H groups in total. The van der Waals surface area contributed by atoms with Crippen molar-refractivity contribution in [2.45, 2.75) is 20.0 Å². The van der Waals surface area contributed by atoms with Crippen LogP contribution >= 0.6 is 22.7 Å². The molecule has 28 heavy (non-hydrogen) atoms. The average molecular weight is 417 g/mol. The number of nitro benzene ring substituents is 2. The summed E-state index contributed by atoms with van der Waals surface area (Å²) < 4.78 is 0. The Bertz CT molecular complexity index is 945. The summed E-state index contributed by atoms with van der Waals surface area (Å²) in [6.07, 6.45) is 0. The minimum absolute atomic E-state index is 0.0721. The zero-order chi connectivity index (χ0) is 20.3. The predicted octanol–water partition coefficient (Wildman–Crippen LogP) is 4.78. The molecule has 2 aromatic heterocycles. The molecule has 0 aliphatic carbocycles. The first kappa shape index (κ1) is 19.6. The zero-order valence-corrected chi connectivity index (χ0v) is 16.4. The lowest BCUT2D eigenvalue weighted by molar-refractivity contribution is -0.395. The van der Waals surface area contributed by atoms with Crippen LogP contribution in [0.5, 0.6) is 0 Å². The number of nitro groups is 2. The van der Waals surface area contributed by atoms with Crippen molar-refractivity contribution in [2.75, 3.05) is 0 Å². The van der Waals surface area contributed by atoms with E-state index in [0.717, 1.165) is 21.9 Å². The van der Waals surface area contributed by atoms with E-state index in [1.165, 1.54) is 34.5 Å². The molecule has 0 fully saturated rings. The number of benzene rings is 1. The van der Waals surface area contributed by atoms with E-state index < -0.39 is 27.1 Å². The Morgan fingerprint density at radius 2 is 1.43 bits per heavy atom. The minimum Gasteiger partial charge on any atom is -0.328 e. The normalized spacial score (nSPS) is 10.6. The molecule has 0 aliphatic rings. The molecule has 0 bridgehead atoms. The molecule has 0 radical (unpaired) electrons. The molecule has 2 heterocycles. The van der Waals surface area contributed by atoms with Gasteiger partial charge in [-0.1, -0.05) is 12.1 Å². The van der Waals surface area contributed by atoms with Gasteiger partial charge in [0.25, 0.3) is 17.3 Å². The van der Waals surface area contributed by atoms with E-state index in [0.29, 0.717) is 13.1 Å². The lowest BCUT2D eigenvalue weighted by atomic mass is 10.1. The van der Waals surface area contributed by atoms with Crippen LogP contribution < -0.4 is 0 Å². The number of hydrogen-bond donors (Lipinski definition) is 0. The van der Waals surface area contributed by atoms with Crippen LogP contribution in [0.3, 0.4) is 0 Å². The van der Waals surface area contributed by atoms with Crippen LogP contribution in [0, 0.1) is 27.2 Å². The van der Waals surface area contributed by atoms with E-state index in [1.807, 2.05) is 35.0 Å². The smallest absolute Gasteiger partial charge is 0.279 e. The van der Waals surface area contributed by atoms with Gasteiger partial charge in [0.2, 0.25) is 0 Å². The molecule has 3 aromatic rings. The van der Waals surface area contributed by atoms with Gasteiger partial charge >= 0.3 is 0 Å². The van der Waals surface area contributed by atoms with E-state index in [4.69, 9.17) is 0 Å². The number of carbonyl (C=O) groups excluding carboxylic acids is 1. The fourth-order valence-corrected chi connectivity index (χ4v) is 4.19. The van der Waals surface area contributed by atoms with Gasteiger partial charge < -0.3 is 4.90 Å². The quantitative estimate of drug-likeness (QED) is 0.406. The van der Waals surface area contributed by atoms with Crippen molar-refractivity contribution in [2.24, 2.45) is 0 Å². The summed E-state index contributed by atoms with van der Waals surface area (Å²) in [5.41, 5.74) is -1.03. The Kier molecular flexibility index (Phi) is 5.81. The summed E-state index contributed by atoms with van der Waals surface area (Å²) in [6, 6.07) is 9.74. The molecule has 3 rings (SSSR count). The van der Waals surface area contributed by atoms with Crippen molar-refractivity contribution < 1.29 is 14.6 Å². The number of amides is 1. The first-order valence-electron chi connectivity index (χ1n) is 8.14. The maximum atomic E-state index is 13.1. The number of carbonyl (C=O) groups is 1. The predicted molar refractivity (Wildman–Crippen MR) is 107 cm³/mol. The molecule has 10 heteroatoms. The molecule has 0 aliphatic heterocycles. The largest absolute Gasteiger partial charge is 0.328 e. The Labute approximate surface area is 168 Å². The number of thiophene rings is 2. The summed E-state index contributed by atoms with van der Waals surface area (Å²) in [6.45, 7) is 1.92. The monoisotopic (exact) mass is 417 g/mol. The topological polar surface area (TPSA) is 107 Å². The van der Waals surface area contributed by atoms with Crippen LogP contribution in [-0.4, -0.2) is 20.7 Å². The number of nitrogens with zero attached hydrogens (tertiary/aromatic N) is 3. The third-order valence-corrected chi connectivity index (χ3v) is 5.86. The maximum absolute atomic E-state index is 13.1. The summed E-state index contributed by atoms with van der Waals surface area (Å²) in [7, 11) is 0. The molecule has 0 spiro atoms. The third kappa shape index (κ3) is 4.24. The van der Waals surface area contributed by atoms with Gasteiger partial charge in [-0.2, -0.15) is 0 Å². The van der Waals surface area contributed by atoms with Crippen molar-refractivity contribution in [3.05, 3.63) is 88.3 Å². The van der Waals surface area contributed by atoms with Gasteiger partial charge in [-0.3, -0.25) is 25.0 Å². The Morgan fingerprint density at radius 3 is 1.79 bits per heavy atom. The highest BCUT2D eigenvalue weighted by Gasteiger charge is 2.27. The van der Waals surface area contributed by atoms with Crippen molar-refractivity contribution in [1.29, 1.82) is 0 Å². The summed E-state index contributed by atoms with van der Waals surface area (Å²) in [4.78, 5) is 37.8. The lowest BCUT2D eigenvalue weighted by Crippen LogP contribution is -2.29. The van der Waals surface area contributed by atoms with Crippen molar-refractivity contribution >= 4 is 40.0 Å². The van der Waals surface area contributed by atoms with Gasteiger partial charge in [-0.25, -0.2) is 0 Å². The van der Waals surface area contributed by atoms with Crippen LogP contribution in [0.2, 0.25) is 0 Å². The zero-order valence-electron chi connectivity index (χ0n) is 14.7. The van der Waals surface area contributed by atoms with Gasteiger partial charge in [0, 0.05) is 21.9 Å². The minimum atomic E-state index is -0.706. The second kappa shape index (κ2) is 8.28. The Hall–Kier alpha value is -3.11. The van der Waals surface area contributed by atoms with Gasteiger partial charge in [-0.05, 0) is 29.8 Å². The average Bonchev–Trinajstić information content (AvgIpc) is 3.34. The number of rotatable bonds is 7.